The number of nitrogens with two attached hydrogens (primary N) is 1. The second-order valence-corrected chi connectivity index (χ2v) is 4.53. The zero-order valence-electron chi connectivity index (χ0n) is 9.07. The van der Waals surface area contributed by atoms with Gasteiger partial charge in [0.15, 0.2) is 0 Å². The molecule has 0 aliphatic rings. The molecule has 0 aliphatic heterocycles. The monoisotopic (exact) mass is 222 g/mol. The van der Waals surface area contributed by atoms with Crippen LogP contribution in [0.15, 0.2) is 41.8 Å². The number of rotatable bonds is 6. The van der Waals surface area contributed by atoms with Crippen molar-refractivity contribution < 1.29 is 0 Å². The van der Waals surface area contributed by atoms with E-state index in [1.807, 2.05) is 17.8 Å². The third kappa shape index (κ3) is 4.08. The minimum absolute atomic E-state index is 0.298. The van der Waals surface area contributed by atoms with Gasteiger partial charge in [0.1, 0.15) is 0 Å². The maximum atomic E-state index is 5.45. The van der Waals surface area contributed by atoms with Gasteiger partial charge in [-0.25, -0.2) is 0 Å². The summed E-state index contributed by atoms with van der Waals surface area (Å²) in [6, 6.07) is 8.68. The molecule has 0 fully saturated rings. The molecule has 0 aromatic heterocycles. The van der Waals surface area contributed by atoms with Crippen molar-refractivity contribution >= 4 is 11.8 Å². The summed E-state index contributed by atoms with van der Waals surface area (Å²) in [6.45, 7) is 5.84. The molecule has 0 heterocycles. The summed E-state index contributed by atoms with van der Waals surface area (Å²) in [5.41, 5.74) is 4.12. The van der Waals surface area contributed by atoms with Gasteiger partial charge in [-0.2, -0.15) is 0 Å². The highest BCUT2D eigenvalue weighted by Crippen LogP contribution is 2.22. The lowest BCUT2D eigenvalue weighted by atomic mass is 10.2. The molecule has 3 heteroatoms. The predicted molar refractivity (Wildman–Crippen MR) is 67.8 cm³/mol. The van der Waals surface area contributed by atoms with E-state index in [9.17, 15) is 0 Å². The maximum Gasteiger partial charge on any atom is 0.0338 e. The number of thioether (sulfide) groups is 1. The van der Waals surface area contributed by atoms with Crippen LogP contribution in [0.5, 0.6) is 0 Å². The Bertz CT molecular complexity index is 312. The highest BCUT2D eigenvalue weighted by atomic mass is 32.2. The van der Waals surface area contributed by atoms with Crippen LogP contribution in [-0.4, -0.2) is 11.8 Å². The van der Waals surface area contributed by atoms with Crippen molar-refractivity contribution in [1.29, 1.82) is 0 Å². The Labute approximate surface area is 95.9 Å². The Morgan fingerprint density at radius 3 is 2.87 bits per heavy atom. The van der Waals surface area contributed by atoms with Crippen LogP contribution in [0.2, 0.25) is 0 Å². The summed E-state index contributed by atoms with van der Waals surface area (Å²) in [5, 5.41) is 0. The first kappa shape index (κ1) is 12.3. The Hall–Kier alpha value is -0.770. The molecule has 1 aromatic carbocycles. The molecule has 0 bridgehead atoms. The average molecular weight is 222 g/mol. The molecule has 0 aliphatic carbocycles. The highest BCUT2D eigenvalue weighted by Gasteiger charge is 2.05. The van der Waals surface area contributed by atoms with E-state index in [2.05, 4.69) is 43.2 Å². The minimum atomic E-state index is 0.298. The van der Waals surface area contributed by atoms with Gasteiger partial charge < -0.3 is 0 Å². The van der Waals surface area contributed by atoms with Crippen LogP contribution in [0.25, 0.3) is 0 Å². The van der Waals surface area contributed by atoms with Gasteiger partial charge in [0.05, 0.1) is 0 Å². The number of aryl methyl sites for hydroxylation is 1. The summed E-state index contributed by atoms with van der Waals surface area (Å²) < 4.78 is 0. The molecule has 3 N–H and O–H groups in total. The van der Waals surface area contributed by atoms with Gasteiger partial charge in [0, 0.05) is 16.7 Å². The minimum Gasteiger partial charge on any atom is -0.271 e. The lowest BCUT2D eigenvalue weighted by molar-refractivity contribution is 0.585. The molecule has 2 nitrogen and oxygen atoms in total. The van der Waals surface area contributed by atoms with Crippen LogP contribution < -0.4 is 11.3 Å². The fourth-order valence-electron chi connectivity index (χ4n) is 1.29. The molecule has 0 radical (unpaired) electrons. The van der Waals surface area contributed by atoms with Crippen molar-refractivity contribution in [2.24, 2.45) is 5.84 Å². The first-order valence-electron chi connectivity index (χ1n) is 5.03. The van der Waals surface area contributed by atoms with E-state index in [0.717, 1.165) is 12.2 Å². The summed E-state index contributed by atoms with van der Waals surface area (Å²) in [4.78, 5) is 1.32. The van der Waals surface area contributed by atoms with Gasteiger partial charge in [0.25, 0.3) is 0 Å². The van der Waals surface area contributed by atoms with Crippen molar-refractivity contribution in [3.05, 3.63) is 42.5 Å². The Kier molecular flexibility index (Phi) is 5.47. The summed E-state index contributed by atoms with van der Waals surface area (Å²) in [6.07, 6.45) is 2.79. The topological polar surface area (TPSA) is 38.0 Å². The van der Waals surface area contributed by atoms with Crippen LogP contribution in [0, 0.1) is 6.92 Å². The fourth-order valence-corrected chi connectivity index (χ4v) is 2.38. The number of hydrogen-bond acceptors (Lipinski definition) is 3. The highest BCUT2D eigenvalue weighted by molar-refractivity contribution is 7.99. The van der Waals surface area contributed by atoms with Gasteiger partial charge in [-0.15, -0.1) is 18.3 Å². The Morgan fingerprint density at radius 2 is 2.27 bits per heavy atom. The summed E-state index contributed by atoms with van der Waals surface area (Å²) in [5.74, 6) is 6.42. The lowest BCUT2D eigenvalue weighted by Gasteiger charge is -2.13. The molecule has 0 saturated heterocycles. The molecule has 1 atom stereocenters. The van der Waals surface area contributed by atoms with Gasteiger partial charge in [-0.3, -0.25) is 11.3 Å². The van der Waals surface area contributed by atoms with E-state index >= 15 is 0 Å². The number of hydrogen-bond donors (Lipinski definition) is 2. The summed E-state index contributed by atoms with van der Waals surface area (Å²) >= 11 is 1.83. The third-order valence-electron chi connectivity index (χ3n) is 2.22. The molecular weight excluding hydrogens is 204 g/mol. The number of hydrazine groups is 1. The zero-order valence-corrected chi connectivity index (χ0v) is 9.89. The quantitative estimate of drug-likeness (QED) is 0.336. The van der Waals surface area contributed by atoms with E-state index in [-0.39, 0.29) is 0 Å². The molecule has 0 spiro atoms. The SMILES string of the molecule is C=CCC(CSc1ccccc1C)NN. The second-order valence-electron chi connectivity index (χ2n) is 3.46. The van der Waals surface area contributed by atoms with Crippen LogP contribution in [0.3, 0.4) is 0 Å². The molecule has 1 rings (SSSR count). The van der Waals surface area contributed by atoms with Crippen molar-refractivity contribution in [3.8, 4) is 0 Å². The van der Waals surface area contributed by atoms with Crippen LogP contribution in [0.4, 0.5) is 0 Å². The molecular formula is C12H18N2S. The average Bonchev–Trinajstić information content (AvgIpc) is 2.26. The molecule has 15 heavy (non-hydrogen) atoms. The van der Waals surface area contributed by atoms with Crippen molar-refractivity contribution in [2.45, 2.75) is 24.3 Å². The van der Waals surface area contributed by atoms with Crippen LogP contribution in [0.1, 0.15) is 12.0 Å². The van der Waals surface area contributed by atoms with Gasteiger partial charge in [-0.05, 0) is 25.0 Å². The first-order chi connectivity index (χ1) is 7.27. The lowest BCUT2D eigenvalue weighted by Crippen LogP contribution is -2.36. The van der Waals surface area contributed by atoms with Crippen LogP contribution in [-0.2, 0) is 0 Å². The maximum absolute atomic E-state index is 5.45. The van der Waals surface area contributed by atoms with Crippen LogP contribution >= 0.6 is 11.8 Å². The Morgan fingerprint density at radius 1 is 1.53 bits per heavy atom. The largest absolute Gasteiger partial charge is 0.271 e. The van der Waals surface area contributed by atoms with E-state index in [1.54, 1.807) is 0 Å². The standard InChI is InChI=1S/C12H18N2S/c1-3-6-11(14-13)9-15-12-8-5-4-7-10(12)2/h3-5,7-8,11,14H,1,6,9,13H2,2H3. The number of benzene rings is 1. The normalized spacial score (nSPS) is 12.4. The van der Waals surface area contributed by atoms with E-state index in [0.29, 0.717) is 6.04 Å². The van der Waals surface area contributed by atoms with E-state index in [4.69, 9.17) is 5.84 Å². The third-order valence-corrected chi connectivity index (χ3v) is 3.56. The zero-order chi connectivity index (χ0) is 11.1. The van der Waals surface area contributed by atoms with Crippen molar-refractivity contribution in [3.63, 3.8) is 0 Å². The Balaban J connectivity index is 2.48. The molecule has 1 unspecified atom stereocenters. The van der Waals surface area contributed by atoms with E-state index in [1.165, 1.54) is 10.5 Å². The van der Waals surface area contributed by atoms with Crippen molar-refractivity contribution in [1.82, 2.24) is 5.43 Å². The van der Waals surface area contributed by atoms with Crippen molar-refractivity contribution in [2.75, 3.05) is 5.75 Å². The second kappa shape index (κ2) is 6.67. The molecule has 0 saturated carbocycles. The summed E-state index contributed by atoms with van der Waals surface area (Å²) in [7, 11) is 0. The smallest absolute Gasteiger partial charge is 0.0338 e. The van der Waals surface area contributed by atoms with Gasteiger partial charge in [0.2, 0.25) is 0 Å². The fraction of sp³-hybridized carbons (Fsp3) is 0.333. The van der Waals surface area contributed by atoms with Gasteiger partial charge in [-0.1, -0.05) is 24.3 Å². The van der Waals surface area contributed by atoms with Gasteiger partial charge >= 0.3 is 0 Å². The van der Waals surface area contributed by atoms with E-state index < -0.39 is 0 Å². The molecule has 0 amide bonds. The molecule has 1 aromatic rings. The predicted octanol–water partition coefficient (Wildman–Crippen LogP) is 2.50. The first-order valence-corrected chi connectivity index (χ1v) is 6.02. The molecule has 82 valence electrons. The number of nitrogens with one attached hydrogen (secondary N) is 1.